The lowest BCUT2D eigenvalue weighted by atomic mass is 10.2. The van der Waals surface area contributed by atoms with Gasteiger partial charge in [0.1, 0.15) is 0 Å². The van der Waals surface area contributed by atoms with Crippen LogP contribution < -0.4 is 15.5 Å². The minimum Gasteiger partial charge on any atom is -0.351 e. The van der Waals surface area contributed by atoms with Gasteiger partial charge in [-0.3, -0.25) is 9.59 Å². The first kappa shape index (κ1) is 22.3. The molecule has 1 fully saturated rings. The van der Waals surface area contributed by atoms with Gasteiger partial charge in [0, 0.05) is 25.3 Å². The van der Waals surface area contributed by atoms with Crippen molar-refractivity contribution in [3.63, 3.8) is 0 Å². The molecule has 1 aliphatic heterocycles. The number of benzene rings is 1. The van der Waals surface area contributed by atoms with E-state index >= 15 is 0 Å². The summed E-state index contributed by atoms with van der Waals surface area (Å²) in [6.07, 6.45) is 1.77. The van der Waals surface area contributed by atoms with Gasteiger partial charge in [-0.05, 0) is 57.9 Å². The van der Waals surface area contributed by atoms with Gasteiger partial charge in [-0.1, -0.05) is 0 Å². The zero-order chi connectivity index (χ0) is 20.7. The third-order valence-corrected chi connectivity index (χ3v) is 6.96. The van der Waals surface area contributed by atoms with Crippen molar-refractivity contribution in [3.05, 3.63) is 24.3 Å². The number of quaternary nitrogens is 1. The quantitative estimate of drug-likeness (QED) is 0.526. The van der Waals surface area contributed by atoms with Crippen LogP contribution in [-0.2, 0) is 19.6 Å². The lowest BCUT2D eigenvalue weighted by Crippen LogP contribution is -3.17. The summed E-state index contributed by atoms with van der Waals surface area (Å²) in [6.45, 7) is 8.09. The van der Waals surface area contributed by atoms with E-state index in [4.69, 9.17) is 0 Å². The molecule has 0 spiro atoms. The molecule has 0 saturated carbocycles. The van der Waals surface area contributed by atoms with E-state index in [1.807, 2.05) is 13.8 Å². The highest BCUT2D eigenvalue weighted by atomic mass is 32.2. The number of hydrogen-bond acceptors (Lipinski definition) is 4. The first-order valence-electron chi connectivity index (χ1n) is 9.82. The van der Waals surface area contributed by atoms with Crippen LogP contribution in [0, 0.1) is 0 Å². The molecule has 9 heteroatoms. The second-order valence-electron chi connectivity index (χ2n) is 6.99. The summed E-state index contributed by atoms with van der Waals surface area (Å²) < 4.78 is 26.6. The molecular formula is C19H31N4O4S+. The maximum absolute atomic E-state index is 12.6. The fraction of sp³-hybridized carbons (Fsp3) is 0.579. The molecule has 2 rings (SSSR count). The molecule has 0 bridgehead atoms. The van der Waals surface area contributed by atoms with E-state index < -0.39 is 16.1 Å². The van der Waals surface area contributed by atoms with Crippen molar-refractivity contribution in [2.24, 2.45) is 0 Å². The molecular weight excluding hydrogens is 380 g/mol. The number of sulfonamides is 1. The normalized spacial score (nSPS) is 17.1. The number of carbonyl (C=O) groups excluding carboxylic acids is 2. The zero-order valence-corrected chi connectivity index (χ0v) is 17.6. The number of hydrogen-bond donors (Lipinski definition) is 3. The highest BCUT2D eigenvalue weighted by molar-refractivity contribution is 7.89. The van der Waals surface area contributed by atoms with Gasteiger partial charge < -0.3 is 15.5 Å². The Bertz CT molecular complexity index is 774. The van der Waals surface area contributed by atoms with E-state index in [1.54, 1.807) is 19.1 Å². The molecule has 1 unspecified atom stereocenters. The van der Waals surface area contributed by atoms with E-state index in [9.17, 15) is 18.0 Å². The van der Waals surface area contributed by atoms with Gasteiger partial charge in [0.05, 0.1) is 11.4 Å². The summed E-state index contributed by atoms with van der Waals surface area (Å²) in [5, 5.41) is 5.55. The van der Waals surface area contributed by atoms with Gasteiger partial charge in [-0.25, -0.2) is 8.42 Å². The SMILES string of the molecule is CCNC(=O)C[NH+](CC)[C@H](C)C(=O)Nc1ccc(S(=O)(=O)N2CCCC2)cc1. The molecule has 1 aliphatic rings. The van der Waals surface area contributed by atoms with Crippen LogP contribution in [0.15, 0.2) is 29.2 Å². The number of nitrogens with one attached hydrogen (secondary N) is 3. The second kappa shape index (κ2) is 9.99. The average Bonchev–Trinajstić information content (AvgIpc) is 3.22. The fourth-order valence-corrected chi connectivity index (χ4v) is 4.79. The first-order valence-corrected chi connectivity index (χ1v) is 11.3. The van der Waals surface area contributed by atoms with E-state index in [2.05, 4.69) is 10.6 Å². The van der Waals surface area contributed by atoms with Crippen LogP contribution in [0.1, 0.15) is 33.6 Å². The summed E-state index contributed by atoms with van der Waals surface area (Å²) in [4.78, 5) is 25.5. The molecule has 2 amide bonds. The van der Waals surface area contributed by atoms with Gasteiger partial charge in [-0.2, -0.15) is 4.31 Å². The first-order chi connectivity index (χ1) is 13.3. The number of anilines is 1. The summed E-state index contributed by atoms with van der Waals surface area (Å²) >= 11 is 0. The van der Waals surface area contributed by atoms with Crippen molar-refractivity contribution in [1.29, 1.82) is 0 Å². The number of likely N-dealkylation sites (N-methyl/N-ethyl adjacent to an activating group) is 2. The Balaban J connectivity index is 2.00. The average molecular weight is 412 g/mol. The predicted molar refractivity (Wildman–Crippen MR) is 108 cm³/mol. The lowest BCUT2D eigenvalue weighted by Gasteiger charge is -2.23. The number of carbonyl (C=O) groups is 2. The summed E-state index contributed by atoms with van der Waals surface area (Å²) in [5.41, 5.74) is 0.533. The Morgan fingerprint density at radius 2 is 1.75 bits per heavy atom. The van der Waals surface area contributed by atoms with Crippen molar-refractivity contribution in [2.45, 2.75) is 44.6 Å². The summed E-state index contributed by atoms with van der Waals surface area (Å²) in [5.74, 6) is -0.299. The molecule has 28 heavy (non-hydrogen) atoms. The molecule has 156 valence electrons. The van der Waals surface area contributed by atoms with E-state index in [1.165, 1.54) is 16.4 Å². The van der Waals surface area contributed by atoms with Crippen molar-refractivity contribution in [2.75, 3.05) is 38.0 Å². The van der Waals surface area contributed by atoms with Gasteiger partial charge in [0.2, 0.25) is 10.0 Å². The second-order valence-corrected chi connectivity index (χ2v) is 8.93. The number of rotatable bonds is 9. The van der Waals surface area contributed by atoms with Crippen LogP contribution in [0.25, 0.3) is 0 Å². The Kier molecular flexibility index (Phi) is 7.97. The highest BCUT2D eigenvalue weighted by Gasteiger charge is 2.28. The fourth-order valence-electron chi connectivity index (χ4n) is 3.27. The highest BCUT2D eigenvalue weighted by Crippen LogP contribution is 2.22. The van der Waals surface area contributed by atoms with Crippen molar-refractivity contribution in [1.82, 2.24) is 9.62 Å². The molecule has 1 aromatic rings. The van der Waals surface area contributed by atoms with Crippen molar-refractivity contribution >= 4 is 27.5 Å². The smallest absolute Gasteiger partial charge is 0.282 e. The Morgan fingerprint density at radius 1 is 1.14 bits per heavy atom. The molecule has 0 aliphatic carbocycles. The topological polar surface area (TPSA) is 100 Å². The lowest BCUT2D eigenvalue weighted by molar-refractivity contribution is -0.904. The predicted octanol–water partition coefficient (Wildman–Crippen LogP) is -0.161. The van der Waals surface area contributed by atoms with Crippen molar-refractivity contribution in [3.8, 4) is 0 Å². The molecule has 1 heterocycles. The van der Waals surface area contributed by atoms with Gasteiger partial charge in [0.25, 0.3) is 11.8 Å². The third-order valence-electron chi connectivity index (χ3n) is 5.05. The molecule has 0 aromatic heterocycles. The maximum atomic E-state index is 12.6. The molecule has 2 atom stereocenters. The number of nitrogens with zero attached hydrogens (tertiary/aromatic N) is 1. The van der Waals surface area contributed by atoms with Gasteiger partial charge in [0.15, 0.2) is 12.6 Å². The Morgan fingerprint density at radius 3 is 2.29 bits per heavy atom. The molecule has 1 aromatic carbocycles. The van der Waals surface area contributed by atoms with Crippen LogP contribution in [0.3, 0.4) is 0 Å². The largest absolute Gasteiger partial charge is 0.351 e. The summed E-state index contributed by atoms with van der Waals surface area (Å²) in [6, 6.07) is 5.83. The zero-order valence-electron chi connectivity index (χ0n) is 16.8. The van der Waals surface area contributed by atoms with Crippen LogP contribution >= 0.6 is 0 Å². The molecule has 0 radical (unpaired) electrons. The van der Waals surface area contributed by atoms with Crippen LogP contribution in [0.4, 0.5) is 5.69 Å². The minimum atomic E-state index is -3.46. The van der Waals surface area contributed by atoms with E-state index in [-0.39, 0.29) is 23.3 Å². The minimum absolute atomic E-state index is 0.0875. The molecule has 1 saturated heterocycles. The Hall–Kier alpha value is -1.97. The van der Waals surface area contributed by atoms with E-state index in [0.717, 1.165) is 17.7 Å². The third kappa shape index (κ3) is 5.52. The van der Waals surface area contributed by atoms with Crippen LogP contribution in [0.2, 0.25) is 0 Å². The van der Waals surface area contributed by atoms with Gasteiger partial charge in [-0.15, -0.1) is 0 Å². The van der Waals surface area contributed by atoms with Crippen molar-refractivity contribution < 1.29 is 22.9 Å². The Labute approximate surface area is 167 Å². The molecule has 3 N–H and O–H groups in total. The molecule has 8 nitrogen and oxygen atoms in total. The van der Waals surface area contributed by atoms with Gasteiger partial charge >= 0.3 is 0 Å². The maximum Gasteiger partial charge on any atom is 0.282 e. The number of amides is 2. The van der Waals surface area contributed by atoms with Crippen LogP contribution in [0.5, 0.6) is 0 Å². The van der Waals surface area contributed by atoms with E-state index in [0.29, 0.717) is 31.9 Å². The monoisotopic (exact) mass is 411 g/mol. The standard InChI is InChI=1S/C19H30N4O4S/c1-4-20-18(24)14-22(5-2)15(3)19(25)21-16-8-10-17(11-9-16)28(26,27)23-12-6-7-13-23/h8-11,15H,4-7,12-14H2,1-3H3,(H,20,24)(H,21,25)/p+1/t15-/m1/s1. The summed E-state index contributed by atoms with van der Waals surface area (Å²) in [7, 11) is -3.46. The van der Waals surface area contributed by atoms with Crippen LogP contribution in [-0.4, -0.2) is 63.3 Å².